The molecule has 0 N–H and O–H groups in total. The van der Waals surface area contributed by atoms with Crippen molar-refractivity contribution in [3.63, 3.8) is 0 Å². The van der Waals surface area contributed by atoms with Gasteiger partial charge in [-0.25, -0.2) is 8.78 Å². The van der Waals surface area contributed by atoms with E-state index in [2.05, 4.69) is 38.5 Å². The van der Waals surface area contributed by atoms with Crippen LogP contribution >= 0.6 is 38.5 Å². The molecule has 0 bridgehead atoms. The van der Waals surface area contributed by atoms with E-state index in [0.29, 0.717) is 10.3 Å². The van der Waals surface area contributed by atoms with Gasteiger partial charge >= 0.3 is 0 Å². The maximum Gasteiger partial charge on any atom is 0.251 e. The molecule has 0 saturated heterocycles. The van der Waals surface area contributed by atoms with Crippen molar-refractivity contribution in [3.8, 4) is 0 Å². The minimum atomic E-state index is -2.23. The van der Waals surface area contributed by atoms with Gasteiger partial charge in [0, 0.05) is 3.92 Å². The van der Waals surface area contributed by atoms with Crippen LogP contribution in [0.25, 0.3) is 0 Å². The van der Waals surface area contributed by atoms with Gasteiger partial charge in [-0.05, 0) is 6.42 Å². The normalized spacial score (nSPS) is 18.0. The Kier molecular flexibility index (Phi) is 5.39. The highest BCUT2D eigenvalue weighted by Crippen LogP contribution is 2.19. The molecule has 0 saturated carbocycles. The first-order chi connectivity index (χ1) is 4.04. The molecule has 0 aromatic rings. The molecule has 0 aromatic carbocycles. The van der Waals surface area contributed by atoms with Gasteiger partial charge in [0.15, 0.2) is 0 Å². The number of alkyl halides is 4. The van der Waals surface area contributed by atoms with Crippen LogP contribution in [0.4, 0.5) is 8.78 Å². The highest BCUT2D eigenvalue weighted by Gasteiger charge is 2.17. The Labute approximate surface area is 75.7 Å². The highest BCUT2D eigenvalue weighted by molar-refractivity contribution is 14.1. The number of hydrogen-bond donors (Lipinski definition) is 0. The lowest BCUT2D eigenvalue weighted by Gasteiger charge is -2.08. The SMILES string of the molecule is CC(I)CC(Br)C(F)F. The van der Waals surface area contributed by atoms with Gasteiger partial charge in [0.1, 0.15) is 0 Å². The van der Waals surface area contributed by atoms with Crippen molar-refractivity contribution >= 4 is 38.5 Å². The molecule has 0 spiro atoms. The van der Waals surface area contributed by atoms with Crippen molar-refractivity contribution in [2.45, 2.75) is 28.5 Å². The zero-order chi connectivity index (χ0) is 7.44. The molecule has 9 heavy (non-hydrogen) atoms. The summed E-state index contributed by atoms with van der Waals surface area (Å²) in [6.07, 6.45) is -1.71. The zero-order valence-corrected chi connectivity index (χ0v) is 8.69. The average Bonchev–Trinajstić information content (AvgIpc) is 1.63. The molecule has 0 aromatic heterocycles. The van der Waals surface area contributed by atoms with Crippen LogP contribution in [0, 0.1) is 0 Å². The molecule has 4 heteroatoms. The van der Waals surface area contributed by atoms with Crippen LogP contribution in [-0.4, -0.2) is 15.2 Å². The van der Waals surface area contributed by atoms with Crippen LogP contribution in [0.5, 0.6) is 0 Å². The molecule has 56 valence electrons. The summed E-state index contributed by atoms with van der Waals surface area (Å²) >= 11 is 5.02. The van der Waals surface area contributed by atoms with Gasteiger partial charge in [-0.15, -0.1) is 0 Å². The summed E-state index contributed by atoms with van der Waals surface area (Å²) in [6.45, 7) is 1.91. The molecule has 0 aliphatic heterocycles. The van der Waals surface area contributed by atoms with Crippen molar-refractivity contribution in [1.29, 1.82) is 0 Å². The maximum atomic E-state index is 11.7. The fraction of sp³-hybridized carbons (Fsp3) is 1.00. The molecule has 0 radical (unpaired) electrons. The predicted molar refractivity (Wildman–Crippen MR) is 46.8 cm³/mol. The minimum absolute atomic E-state index is 0.306. The Balaban J connectivity index is 3.38. The van der Waals surface area contributed by atoms with Crippen LogP contribution < -0.4 is 0 Å². The second-order valence-electron chi connectivity index (χ2n) is 1.87. The molecule has 0 aliphatic carbocycles. The zero-order valence-electron chi connectivity index (χ0n) is 4.95. The van der Waals surface area contributed by atoms with Crippen molar-refractivity contribution in [1.82, 2.24) is 0 Å². The molecule has 2 atom stereocenters. The number of halogens is 4. The summed E-state index contributed by atoms with van der Waals surface area (Å²) in [5.74, 6) is 0. The molecule has 0 nitrogen and oxygen atoms in total. The first kappa shape index (κ1) is 10.1. The summed E-state index contributed by atoms with van der Waals surface area (Å²) in [5, 5.41) is 0. The van der Waals surface area contributed by atoms with Gasteiger partial charge in [-0.2, -0.15) is 0 Å². The van der Waals surface area contributed by atoms with Gasteiger partial charge in [0.05, 0.1) is 4.83 Å². The lowest BCUT2D eigenvalue weighted by atomic mass is 10.3. The Morgan fingerprint density at radius 3 is 2.11 bits per heavy atom. The van der Waals surface area contributed by atoms with Crippen LogP contribution in [0.1, 0.15) is 13.3 Å². The Bertz CT molecular complexity index is 77.4. The van der Waals surface area contributed by atoms with Crippen molar-refractivity contribution in [2.24, 2.45) is 0 Å². The van der Waals surface area contributed by atoms with E-state index in [9.17, 15) is 8.78 Å². The van der Waals surface area contributed by atoms with Crippen LogP contribution in [0.15, 0.2) is 0 Å². The third kappa shape index (κ3) is 5.51. The third-order valence-electron chi connectivity index (χ3n) is 0.823. The molecular weight excluding hydrogens is 305 g/mol. The maximum absolute atomic E-state index is 11.7. The lowest BCUT2D eigenvalue weighted by Crippen LogP contribution is -2.13. The van der Waals surface area contributed by atoms with Gasteiger partial charge in [-0.1, -0.05) is 45.4 Å². The van der Waals surface area contributed by atoms with Crippen LogP contribution in [-0.2, 0) is 0 Å². The Morgan fingerprint density at radius 2 is 2.00 bits per heavy atom. The first-order valence-electron chi connectivity index (χ1n) is 2.60. The topological polar surface area (TPSA) is 0 Å². The Hall–Kier alpha value is 1.07. The van der Waals surface area contributed by atoms with Crippen molar-refractivity contribution < 1.29 is 8.78 Å². The highest BCUT2D eigenvalue weighted by atomic mass is 127. The van der Waals surface area contributed by atoms with Crippen molar-refractivity contribution in [3.05, 3.63) is 0 Å². The lowest BCUT2D eigenvalue weighted by molar-refractivity contribution is 0.144. The second kappa shape index (κ2) is 4.82. The summed E-state index contributed by atoms with van der Waals surface area (Å²) in [7, 11) is 0. The second-order valence-corrected chi connectivity index (χ2v) is 5.17. The quantitative estimate of drug-likeness (QED) is 0.554. The van der Waals surface area contributed by atoms with E-state index in [1.165, 1.54) is 0 Å². The largest absolute Gasteiger partial charge is 0.251 e. The summed E-state index contributed by atoms with van der Waals surface area (Å²) in [4.78, 5) is -0.635. The molecule has 0 heterocycles. The summed E-state index contributed by atoms with van der Waals surface area (Å²) < 4.78 is 23.8. The molecule has 0 amide bonds. The smallest absolute Gasteiger partial charge is 0.209 e. The summed E-state index contributed by atoms with van der Waals surface area (Å²) in [6, 6.07) is 0. The van der Waals surface area contributed by atoms with Gasteiger partial charge in [0.25, 0.3) is 6.43 Å². The van der Waals surface area contributed by atoms with E-state index >= 15 is 0 Å². The monoisotopic (exact) mass is 312 g/mol. The Morgan fingerprint density at radius 1 is 1.56 bits per heavy atom. The van der Waals surface area contributed by atoms with Crippen LogP contribution in [0.2, 0.25) is 0 Å². The van der Waals surface area contributed by atoms with Gasteiger partial charge < -0.3 is 0 Å². The molecular formula is C5H8BrF2I. The average molecular weight is 313 g/mol. The molecule has 0 fully saturated rings. The van der Waals surface area contributed by atoms with Crippen LogP contribution in [0.3, 0.4) is 0 Å². The number of rotatable bonds is 3. The molecule has 2 unspecified atom stereocenters. The standard InChI is InChI=1S/C5H8BrF2I/c1-3(9)2-4(6)5(7)8/h3-5H,2H2,1H3. The van der Waals surface area contributed by atoms with Gasteiger partial charge in [0.2, 0.25) is 0 Å². The molecule has 0 aliphatic rings. The van der Waals surface area contributed by atoms with E-state index in [1.807, 2.05) is 6.92 Å². The van der Waals surface area contributed by atoms with E-state index in [-0.39, 0.29) is 0 Å². The fourth-order valence-corrected chi connectivity index (χ4v) is 2.22. The van der Waals surface area contributed by atoms with E-state index in [0.717, 1.165) is 0 Å². The van der Waals surface area contributed by atoms with E-state index < -0.39 is 11.3 Å². The number of hydrogen-bond acceptors (Lipinski definition) is 0. The summed E-state index contributed by atoms with van der Waals surface area (Å²) in [5.41, 5.74) is 0. The van der Waals surface area contributed by atoms with E-state index in [4.69, 9.17) is 0 Å². The fourth-order valence-electron chi connectivity index (χ4n) is 0.413. The minimum Gasteiger partial charge on any atom is -0.209 e. The third-order valence-corrected chi connectivity index (χ3v) is 2.11. The van der Waals surface area contributed by atoms with Crippen molar-refractivity contribution in [2.75, 3.05) is 0 Å². The first-order valence-corrected chi connectivity index (χ1v) is 4.76. The van der Waals surface area contributed by atoms with E-state index in [1.54, 1.807) is 0 Å². The van der Waals surface area contributed by atoms with Gasteiger partial charge in [-0.3, -0.25) is 0 Å². The predicted octanol–water partition coefficient (Wildman–Crippen LogP) is 3.23. The molecule has 0 rings (SSSR count).